The Morgan fingerprint density at radius 3 is 2.56 bits per heavy atom. The van der Waals surface area contributed by atoms with Crippen LogP contribution in [0.4, 0.5) is 5.69 Å². The second kappa shape index (κ2) is 4.76. The molecule has 1 saturated heterocycles. The van der Waals surface area contributed by atoms with Crippen LogP contribution in [-0.2, 0) is 6.54 Å². The van der Waals surface area contributed by atoms with Crippen molar-refractivity contribution in [3.8, 4) is 0 Å². The van der Waals surface area contributed by atoms with Gasteiger partial charge in [-0.3, -0.25) is 4.90 Å². The molecule has 2 rings (SSSR count). The number of hydrogen-bond donors (Lipinski definition) is 1. The van der Waals surface area contributed by atoms with Crippen LogP contribution in [-0.4, -0.2) is 18.0 Å². The van der Waals surface area contributed by atoms with Gasteiger partial charge in [-0.05, 0) is 39.4 Å². The van der Waals surface area contributed by atoms with Crippen LogP contribution in [0.25, 0.3) is 0 Å². The summed E-state index contributed by atoms with van der Waals surface area (Å²) in [5.74, 6) is 1.61. The predicted octanol–water partition coefficient (Wildman–Crippen LogP) is 3.12. The van der Waals surface area contributed by atoms with Gasteiger partial charge in [0.2, 0.25) is 0 Å². The molecule has 1 aliphatic rings. The van der Waals surface area contributed by atoms with E-state index in [4.69, 9.17) is 5.73 Å². The van der Waals surface area contributed by atoms with Gasteiger partial charge in [-0.2, -0.15) is 0 Å². The van der Waals surface area contributed by atoms with Crippen molar-refractivity contribution in [3.63, 3.8) is 0 Å². The number of rotatable bonds is 2. The first kappa shape index (κ1) is 11.9. The fraction of sp³-hybridized carbons (Fsp3) is 0.538. The minimum absolute atomic E-state index is 0.805. The summed E-state index contributed by atoms with van der Waals surface area (Å²) in [6.45, 7) is 8.06. The summed E-state index contributed by atoms with van der Waals surface area (Å²) in [5, 5.41) is 0. The summed E-state index contributed by atoms with van der Waals surface area (Å²) in [7, 11) is 0. The molecule has 0 spiro atoms. The third-order valence-corrected chi connectivity index (χ3v) is 4.53. The number of nitrogens with zero attached hydrogens (tertiary/aromatic N) is 1. The number of anilines is 1. The molecule has 16 heavy (non-hydrogen) atoms. The summed E-state index contributed by atoms with van der Waals surface area (Å²) in [6.07, 6.45) is 0. The predicted molar refractivity (Wildman–Crippen MR) is 72.2 cm³/mol. The molecule has 0 radical (unpaired) electrons. The Hall–Kier alpha value is -0.540. The van der Waals surface area contributed by atoms with Crippen molar-refractivity contribution in [2.24, 2.45) is 11.8 Å². The number of nitrogens with two attached hydrogens (primary N) is 1. The first-order chi connectivity index (χ1) is 7.58. The molecule has 0 amide bonds. The molecule has 2 nitrogen and oxygen atoms in total. The van der Waals surface area contributed by atoms with Crippen LogP contribution in [0.5, 0.6) is 0 Å². The number of nitrogen functional groups attached to an aromatic ring is 1. The van der Waals surface area contributed by atoms with E-state index in [0.717, 1.165) is 28.5 Å². The van der Waals surface area contributed by atoms with Gasteiger partial charge in [-0.15, -0.1) is 0 Å². The van der Waals surface area contributed by atoms with Crippen LogP contribution in [0.1, 0.15) is 19.4 Å². The van der Waals surface area contributed by atoms with E-state index < -0.39 is 0 Å². The first-order valence-electron chi connectivity index (χ1n) is 5.83. The van der Waals surface area contributed by atoms with Crippen molar-refractivity contribution in [2.75, 3.05) is 18.8 Å². The van der Waals surface area contributed by atoms with Crippen molar-refractivity contribution in [2.45, 2.75) is 20.4 Å². The number of likely N-dealkylation sites (tertiary alicyclic amines) is 1. The van der Waals surface area contributed by atoms with Crippen LogP contribution in [0.15, 0.2) is 22.7 Å². The average Bonchev–Trinajstić information content (AvgIpc) is 2.54. The largest absolute Gasteiger partial charge is 0.398 e. The van der Waals surface area contributed by atoms with E-state index in [-0.39, 0.29) is 0 Å². The summed E-state index contributed by atoms with van der Waals surface area (Å²) in [5.41, 5.74) is 8.01. The monoisotopic (exact) mass is 282 g/mol. The highest BCUT2D eigenvalue weighted by molar-refractivity contribution is 9.10. The molecule has 0 aliphatic carbocycles. The van der Waals surface area contributed by atoms with Gasteiger partial charge in [0.05, 0.1) is 0 Å². The Bertz CT molecular complexity index is 368. The third-order valence-electron chi connectivity index (χ3n) is 3.57. The maximum Gasteiger partial charge on any atom is 0.0461 e. The van der Waals surface area contributed by atoms with Crippen molar-refractivity contribution in [1.82, 2.24) is 4.90 Å². The van der Waals surface area contributed by atoms with E-state index in [2.05, 4.69) is 40.7 Å². The number of benzene rings is 1. The molecule has 2 unspecified atom stereocenters. The number of hydrogen-bond acceptors (Lipinski definition) is 2. The van der Waals surface area contributed by atoms with Gasteiger partial charge >= 0.3 is 0 Å². The van der Waals surface area contributed by atoms with Crippen molar-refractivity contribution < 1.29 is 0 Å². The minimum atomic E-state index is 0.805. The Balaban J connectivity index is 2.08. The van der Waals surface area contributed by atoms with Gasteiger partial charge in [0.15, 0.2) is 0 Å². The van der Waals surface area contributed by atoms with Crippen LogP contribution in [0, 0.1) is 11.8 Å². The Morgan fingerprint density at radius 1 is 1.31 bits per heavy atom. The molecule has 1 heterocycles. The van der Waals surface area contributed by atoms with E-state index >= 15 is 0 Å². The fourth-order valence-electron chi connectivity index (χ4n) is 2.34. The van der Waals surface area contributed by atoms with E-state index in [0.29, 0.717) is 0 Å². The molecule has 1 fully saturated rings. The molecule has 1 aliphatic heterocycles. The lowest BCUT2D eigenvalue weighted by atomic mass is 10.0. The fourth-order valence-corrected chi connectivity index (χ4v) is 2.73. The number of halogens is 1. The van der Waals surface area contributed by atoms with Crippen LogP contribution in [0.3, 0.4) is 0 Å². The highest BCUT2D eigenvalue weighted by Crippen LogP contribution is 2.28. The summed E-state index contributed by atoms with van der Waals surface area (Å²) in [6, 6.07) is 6.11. The Kier molecular flexibility index (Phi) is 3.55. The Morgan fingerprint density at radius 2 is 1.94 bits per heavy atom. The van der Waals surface area contributed by atoms with Gasteiger partial charge in [0, 0.05) is 29.8 Å². The maximum atomic E-state index is 5.88. The van der Waals surface area contributed by atoms with E-state index in [1.807, 2.05) is 12.1 Å². The molecule has 2 N–H and O–H groups in total. The topological polar surface area (TPSA) is 29.3 Å². The zero-order chi connectivity index (χ0) is 11.7. The quantitative estimate of drug-likeness (QED) is 0.845. The molecule has 88 valence electrons. The first-order valence-corrected chi connectivity index (χ1v) is 6.62. The molecule has 0 saturated carbocycles. The molecular formula is C13H19BrN2. The molecule has 0 aromatic heterocycles. The van der Waals surface area contributed by atoms with Gasteiger partial charge in [-0.25, -0.2) is 0 Å². The molecular weight excluding hydrogens is 264 g/mol. The Labute approximate surface area is 106 Å². The third kappa shape index (κ3) is 2.41. The lowest BCUT2D eigenvalue weighted by Gasteiger charge is -2.17. The second-order valence-electron chi connectivity index (χ2n) is 4.97. The average molecular weight is 283 g/mol. The van der Waals surface area contributed by atoms with E-state index in [1.165, 1.54) is 18.7 Å². The molecule has 2 atom stereocenters. The van der Waals surface area contributed by atoms with Gasteiger partial charge in [0.25, 0.3) is 0 Å². The molecule has 1 aromatic rings. The van der Waals surface area contributed by atoms with E-state index in [9.17, 15) is 0 Å². The zero-order valence-corrected chi connectivity index (χ0v) is 11.5. The standard InChI is InChI=1S/C13H19BrN2/c1-9-6-16(7-10(9)2)8-11-4-3-5-12(15)13(11)14/h3-5,9-10H,6-8,15H2,1-2H3. The van der Waals surface area contributed by atoms with Crippen LogP contribution in [0.2, 0.25) is 0 Å². The minimum Gasteiger partial charge on any atom is -0.398 e. The lowest BCUT2D eigenvalue weighted by molar-refractivity contribution is 0.315. The van der Waals surface area contributed by atoms with Crippen molar-refractivity contribution >= 4 is 21.6 Å². The second-order valence-corrected chi connectivity index (χ2v) is 5.76. The molecule has 3 heteroatoms. The van der Waals surface area contributed by atoms with Gasteiger partial charge in [-0.1, -0.05) is 26.0 Å². The highest BCUT2D eigenvalue weighted by Gasteiger charge is 2.26. The SMILES string of the molecule is CC1CN(Cc2cccc(N)c2Br)CC1C. The summed E-state index contributed by atoms with van der Waals surface area (Å²) in [4.78, 5) is 2.51. The van der Waals surface area contributed by atoms with E-state index in [1.54, 1.807) is 0 Å². The smallest absolute Gasteiger partial charge is 0.0461 e. The van der Waals surface area contributed by atoms with Gasteiger partial charge < -0.3 is 5.73 Å². The summed E-state index contributed by atoms with van der Waals surface area (Å²) >= 11 is 3.57. The van der Waals surface area contributed by atoms with Crippen LogP contribution < -0.4 is 5.73 Å². The molecule has 1 aromatic carbocycles. The normalized spacial score (nSPS) is 26.2. The highest BCUT2D eigenvalue weighted by atomic mass is 79.9. The lowest BCUT2D eigenvalue weighted by Crippen LogP contribution is -2.20. The van der Waals surface area contributed by atoms with Crippen LogP contribution >= 0.6 is 15.9 Å². The van der Waals surface area contributed by atoms with Gasteiger partial charge in [0.1, 0.15) is 0 Å². The molecule has 0 bridgehead atoms. The summed E-state index contributed by atoms with van der Waals surface area (Å²) < 4.78 is 1.06. The van der Waals surface area contributed by atoms with Crippen molar-refractivity contribution in [1.29, 1.82) is 0 Å². The van der Waals surface area contributed by atoms with Crippen molar-refractivity contribution in [3.05, 3.63) is 28.2 Å². The maximum absolute atomic E-state index is 5.88. The zero-order valence-electron chi connectivity index (χ0n) is 9.91.